The minimum atomic E-state index is -0.662. The van der Waals surface area contributed by atoms with Gasteiger partial charge >= 0.3 is 0 Å². The fourth-order valence-electron chi connectivity index (χ4n) is 3.73. The number of benzene rings is 3. The average Bonchev–Trinajstić information content (AvgIpc) is 3.22. The molecule has 5 heteroatoms. The molecule has 1 aliphatic carbocycles. The van der Waals surface area contributed by atoms with Gasteiger partial charge in [0.05, 0.1) is 11.4 Å². The Kier molecular flexibility index (Phi) is 5.36. The first-order valence-electron chi connectivity index (χ1n) is 9.92. The number of imidazole rings is 1. The number of hydrogen-bond acceptors (Lipinski definition) is 2. The van der Waals surface area contributed by atoms with Gasteiger partial charge in [-0.3, -0.25) is 0 Å². The summed E-state index contributed by atoms with van der Waals surface area (Å²) in [4.78, 5) is 8.57. The van der Waals surface area contributed by atoms with Crippen LogP contribution in [0.2, 0.25) is 0 Å². The van der Waals surface area contributed by atoms with Crippen LogP contribution in [0.3, 0.4) is 0 Å². The predicted molar refractivity (Wildman–Crippen MR) is 127 cm³/mol. The Morgan fingerprint density at radius 1 is 0.833 bits per heavy atom. The summed E-state index contributed by atoms with van der Waals surface area (Å²) >= 11 is 14.6. The zero-order valence-corrected chi connectivity index (χ0v) is 18.5. The number of rotatable bonds is 6. The quantitative estimate of drug-likeness (QED) is 0.240. The second-order valence-electron chi connectivity index (χ2n) is 7.52. The molecule has 1 fully saturated rings. The minimum Gasteiger partial charge on any atom is -0.332 e. The van der Waals surface area contributed by atoms with Gasteiger partial charge < -0.3 is 4.98 Å². The van der Waals surface area contributed by atoms with Crippen molar-refractivity contribution in [2.45, 2.75) is 21.2 Å². The van der Waals surface area contributed by atoms with E-state index in [2.05, 4.69) is 53.5 Å². The third-order valence-corrected chi connectivity index (χ3v) is 7.54. The van der Waals surface area contributed by atoms with Crippen molar-refractivity contribution >= 4 is 35.0 Å². The van der Waals surface area contributed by atoms with Gasteiger partial charge in [0.2, 0.25) is 0 Å². The van der Waals surface area contributed by atoms with E-state index in [1.165, 1.54) is 5.56 Å². The van der Waals surface area contributed by atoms with Gasteiger partial charge in [-0.2, -0.15) is 0 Å². The molecule has 0 bridgehead atoms. The van der Waals surface area contributed by atoms with E-state index < -0.39 is 4.33 Å². The van der Waals surface area contributed by atoms with Gasteiger partial charge in [-0.15, -0.1) is 23.2 Å². The third-order valence-electron chi connectivity index (χ3n) is 5.40. The highest BCUT2D eigenvalue weighted by Gasteiger charge is 2.56. The molecule has 4 aromatic rings. The molecule has 2 unspecified atom stereocenters. The number of aromatic nitrogens is 2. The molecule has 1 saturated carbocycles. The molecule has 1 aliphatic rings. The lowest BCUT2D eigenvalue weighted by atomic mass is 10.1. The van der Waals surface area contributed by atoms with Gasteiger partial charge in [-0.25, -0.2) is 4.98 Å². The van der Waals surface area contributed by atoms with Crippen LogP contribution in [0.5, 0.6) is 0 Å². The van der Waals surface area contributed by atoms with Crippen LogP contribution in [0.15, 0.2) is 96.2 Å². The second-order valence-corrected chi connectivity index (χ2v) is 10.2. The number of thioether (sulfide) groups is 1. The van der Waals surface area contributed by atoms with E-state index in [0.29, 0.717) is 0 Å². The molecule has 0 aliphatic heterocycles. The van der Waals surface area contributed by atoms with Crippen LogP contribution in [-0.2, 0) is 0 Å². The molecule has 0 amide bonds. The lowest BCUT2D eigenvalue weighted by Gasteiger charge is -2.16. The molecule has 1 N–H and O–H groups in total. The van der Waals surface area contributed by atoms with Gasteiger partial charge in [0.25, 0.3) is 0 Å². The van der Waals surface area contributed by atoms with E-state index in [1.807, 2.05) is 42.5 Å². The van der Waals surface area contributed by atoms with E-state index >= 15 is 0 Å². The zero-order chi connectivity index (χ0) is 20.6. The first-order chi connectivity index (χ1) is 14.6. The summed E-state index contributed by atoms with van der Waals surface area (Å²) in [7, 11) is 0. The Labute approximate surface area is 190 Å². The second kappa shape index (κ2) is 8.14. The van der Waals surface area contributed by atoms with Gasteiger partial charge in [0.1, 0.15) is 4.33 Å². The summed E-state index contributed by atoms with van der Waals surface area (Å²) < 4.78 is -0.662. The van der Waals surface area contributed by atoms with Crippen molar-refractivity contribution in [2.75, 3.05) is 0 Å². The predicted octanol–water partition coefficient (Wildman–Crippen LogP) is 7.77. The first-order valence-corrected chi connectivity index (χ1v) is 11.6. The van der Waals surface area contributed by atoms with Crippen molar-refractivity contribution in [3.05, 3.63) is 96.6 Å². The molecular weight excluding hydrogens is 431 g/mol. The topological polar surface area (TPSA) is 28.7 Å². The summed E-state index contributed by atoms with van der Waals surface area (Å²) in [5.41, 5.74) is 5.40. The third kappa shape index (κ3) is 4.02. The van der Waals surface area contributed by atoms with Gasteiger partial charge in [0.15, 0.2) is 5.16 Å². The maximum atomic E-state index is 6.47. The van der Waals surface area contributed by atoms with Crippen LogP contribution in [-0.4, -0.2) is 14.3 Å². The summed E-state index contributed by atoms with van der Waals surface area (Å²) in [5, 5.41) is 1.01. The van der Waals surface area contributed by atoms with Crippen LogP contribution in [0.25, 0.3) is 22.5 Å². The molecular formula is C25H20Cl2N2S. The number of nitrogens with one attached hydrogen (secondary N) is 1. The molecule has 150 valence electrons. The average molecular weight is 451 g/mol. The van der Waals surface area contributed by atoms with Crippen LogP contribution >= 0.6 is 35.0 Å². The number of H-pyrrole nitrogens is 1. The van der Waals surface area contributed by atoms with Crippen molar-refractivity contribution in [2.24, 2.45) is 5.92 Å². The number of nitrogens with zero attached hydrogens (tertiary/aromatic N) is 1. The van der Waals surface area contributed by atoms with Crippen molar-refractivity contribution in [3.8, 4) is 22.5 Å². The monoisotopic (exact) mass is 450 g/mol. The molecule has 1 aromatic heterocycles. The van der Waals surface area contributed by atoms with Gasteiger partial charge in [-0.1, -0.05) is 103 Å². The standard InChI is InChI=1S/C25H20Cl2N2S/c26-25(27)16-20(25)23(19-14-8-3-9-15-19)30-24-28-21(17-10-4-1-5-11-17)22(29-24)18-12-6-2-7-13-18/h1-15,20,23H,16H2,(H,28,29). The Morgan fingerprint density at radius 3 is 1.93 bits per heavy atom. The minimum absolute atomic E-state index is 0.139. The van der Waals surface area contributed by atoms with Crippen molar-refractivity contribution in [1.82, 2.24) is 9.97 Å². The molecule has 5 rings (SSSR count). The molecule has 1 heterocycles. The molecule has 2 nitrogen and oxygen atoms in total. The largest absolute Gasteiger partial charge is 0.332 e. The number of halogens is 2. The van der Waals surface area contributed by atoms with Gasteiger partial charge in [0, 0.05) is 22.3 Å². The summed E-state index contributed by atoms with van der Waals surface area (Å²) in [6, 6.07) is 31.0. The molecule has 3 aromatic carbocycles. The summed E-state index contributed by atoms with van der Waals surface area (Å²) in [6.45, 7) is 0. The Morgan fingerprint density at radius 2 is 1.37 bits per heavy atom. The van der Waals surface area contributed by atoms with Gasteiger partial charge in [-0.05, 0) is 12.0 Å². The lowest BCUT2D eigenvalue weighted by Crippen LogP contribution is -2.03. The first kappa shape index (κ1) is 19.7. The summed E-state index contributed by atoms with van der Waals surface area (Å²) in [6.07, 6.45) is 0.792. The maximum Gasteiger partial charge on any atom is 0.167 e. The van der Waals surface area contributed by atoms with Crippen LogP contribution in [0, 0.1) is 5.92 Å². The maximum absolute atomic E-state index is 6.47. The number of alkyl halides is 2. The highest BCUT2D eigenvalue weighted by atomic mass is 35.5. The van der Waals surface area contributed by atoms with E-state index in [9.17, 15) is 0 Å². The van der Waals surface area contributed by atoms with Crippen molar-refractivity contribution in [1.29, 1.82) is 0 Å². The van der Waals surface area contributed by atoms with Crippen LogP contribution < -0.4 is 0 Å². The van der Waals surface area contributed by atoms with Crippen LogP contribution in [0.4, 0.5) is 0 Å². The van der Waals surface area contributed by atoms with Crippen LogP contribution in [0.1, 0.15) is 17.2 Å². The highest BCUT2D eigenvalue weighted by molar-refractivity contribution is 7.99. The van der Waals surface area contributed by atoms with E-state index in [1.54, 1.807) is 11.8 Å². The molecule has 30 heavy (non-hydrogen) atoms. The zero-order valence-electron chi connectivity index (χ0n) is 16.1. The Balaban J connectivity index is 1.55. The highest BCUT2D eigenvalue weighted by Crippen LogP contribution is 2.63. The van der Waals surface area contributed by atoms with E-state index in [0.717, 1.165) is 34.1 Å². The van der Waals surface area contributed by atoms with E-state index in [-0.39, 0.29) is 11.2 Å². The lowest BCUT2D eigenvalue weighted by molar-refractivity contribution is 0.792. The Bertz CT molecular complexity index is 1070. The fraction of sp³-hybridized carbons (Fsp3) is 0.160. The number of hydrogen-bond donors (Lipinski definition) is 1. The SMILES string of the molecule is ClC1(Cl)CC1C(Sc1nc(-c2ccccc2)c(-c2ccccc2)[nH]1)c1ccccc1. The fourth-order valence-corrected chi connectivity index (χ4v) is 5.80. The van der Waals surface area contributed by atoms with E-state index in [4.69, 9.17) is 28.2 Å². The molecule has 2 atom stereocenters. The molecule has 0 spiro atoms. The number of aromatic amines is 1. The molecule has 0 radical (unpaired) electrons. The Hall–Kier alpha value is -2.20. The smallest absolute Gasteiger partial charge is 0.167 e. The normalized spacial score (nSPS) is 18.1. The van der Waals surface area contributed by atoms with Crippen molar-refractivity contribution in [3.63, 3.8) is 0 Å². The van der Waals surface area contributed by atoms with Crippen molar-refractivity contribution < 1.29 is 0 Å². The molecule has 0 saturated heterocycles. The summed E-state index contributed by atoms with van der Waals surface area (Å²) in [5.74, 6) is 0.193.